The van der Waals surface area contributed by atoms with E-state index < -0.39 is 17.6 Å². The van der Waals surface area contributed by atoms with Crippen molar-refractivity contribution in [2.75, 3.05) is 19.8 Å². The summed E-state index contributed by atoms with van der Waals surface area (Å²) in [5.41, 5.74) is -0.287. The summed E-state index contributed by atoms with van der Waals surface area (Å²) in [7, 11) is 0. The first-order valence-corrected chi connectivity index (χ1v) is 8.52. The highest BCUT2D eigenvalue weighted by Gasteiger charge is 2.31. The molecule has 0 fully saturated rings. The van der Waals surface area contributed by atoms with Crippen molar-refractivity contribution in [3.05, 3.63) is 65.5 Å². The zero-order valence-electron chi connectivity index (χ0n) is 15.2. The zero-order valence-corrected chi connectivity index (χ0v) is 15.2. The Hall–Kier alpha value is -2.94. The van der Waals surface area contributed by atoms with Gasteiger partial charge in [0.25, 0.3) is 11.9 Å². The van der Waals surface area contributed by atoms with Crippen LogP contribution in [0.1, 0.15) is 28.4 Å². The SMILES string of the molecule is CCOCCOC(=NCc1cccnc1)NC(=O)c1cccc(C(F)(F)F)c1. The smallest absolute Gasteiger partial charge is 0.416 e. The Balaban J connectivity index is 2.10. The van der Waals surface area contributed by atoms with Crippen LogP contribution in [0.2, 0.25) is 0 Å². The summed E-state index contributed by atoms with van der Waals surface area (Å²) in [6, 6.07) is 7.54. The van der Waals surface area contributed by atoms with Crippen molar-refractivity contribution in [1.29, 1.82) is 0 Å². The summed E-state index contributed by atoms with van der Waals surface area (Å²) in [6.45, 7) is 2.92. The van der Waals surface area contributed by atoms with Gasteiger partial charge >= 0.3 is 6.18 Å². The van der Waals surface area contributed by atoms with E-state index in [-0.39, 0.29) is 31.3 Å². The summed E-state index contributed by atoms with van der Waals surface area (Å²) >= 11 is 0. The molecular weight excluding hydrogens is 375 g/mol. The first-order chi connectivity index (χ1) is 13.4. The van der Waals surface area contributed by atoms with Gasteiger partial charge < -0.3 is 9.47 Å². The average Bonchev–Trinajstić information content (AvgIpc) is 2.69. The number of hydrogen-bond acceptors (Lipinski definition) is 5. The molecule has 0 aliphatic carbocycles. The molecular formula is C19H20F3N3O3. The average molecular weight is 395 g/mol. The van der Waals surface area contributed by atoms with Crippen LogP contribution in [0.15, 0.2) is 53.8 Å². The molecule has 2 rings (SSSR count). The number of rotatable bonds is 7. The lowest BCUT2D eigenvalue weighted by molar-refractivity contribution is -0.137. The Bertz CT molecular complexity index is 796. The van der Waals surface area contributed by atoms with Gasteiger partial charge in [-0.2, -0.15) is 13.2 Å². The fourth-order valence-electron chi connectivity index (χ4n) is 2.12. The molecule has 1 N–H and O–H groups in total. The minimum atomic E-state index is -4.54. The van der Waals surface area contributed by atoms with Gasteiger partial charge in [-0.15, -0.1) is 0 Å². The topological polar surface area (TPSA) is 72.8 Å². The third-order valence-corrected chi connectivity index (χ3v) is 3.47. The molecule has 6 nitrogen and oxygen atoms in total. The van der Waals surface area contributed by atoms with Crippen LogP contribution >= 0.6 is 0 Å². The lowest BCUT2D eigenvalue weighted by Gasteiger charge is -2.12. The van der Waals surface area contributed by atoms with Crippen molar-refractivity contribution < 1.29 is 27.4 Å². The van der Waals surface area contributed by atoms with E-state index in [1.807, 2.05) is 6.92 Å². The number of aliphatic imine (C=N–C) groups is 1. The summed E-state index contributed by atoms with van der Waals surface area (Å²) in [5.74, 6) is -0.757. The quantitative estimate of drug-likeness (QED) is 0.443. The summed E-state index contributed by atoms with van der Waals surface area (Å²) < 4.78 is 49.1. The Morgan fingerprint density at radius 3 is 2.71 bits per heavy atom. The molecule has 0 saturated carbocycles. The van der Waals surface area contributed by atoms with Crippen molar-refractivity contribution in [3.8, 4) is 0 Å². The number of hydrogen-bond donors (Lipinski definition) is 1. The first-order valence-electron chi connectivity index (χ1n) is 8.52. The standard InChI is InChI=1S/C19H20F3N3O3/c1-2-27-9-10-28-18(24-13-14-5-4-8-23-12-14)25-17(26)15-6-3-7-16(11-15)19(20,21)22/h3-8,11-12H,2,9-10,13H2,1H3,(H,24,25,26). The predicted molar refractivity (Wildman–Crippen MR) is 96.7 cm³/mol. The Morgan fingerprint density at radius 2 is 2.04 bits per heavy atom. The minimum Gasteiger partial charge on any atom is -0.463 e. The number of carbonyl (C=O) groups is 1. The molecule has 0 unspecified atom stereocenters. The van der Waals surface area contributed by atoms with Crippen LogP contribution in [-0.4, -0.2) is 36.7 Å². The van der Waals surface area contributed by atoms with Crippen LogP contribution in [0.3, 0.4) is 0 Å². The molecule has 150 valence electrons. The van der Waals surface area contributed by atoms with Gasteiger partial charge in [0, 0.05) is 24.6 Å². The molecule has 2 aromatic rings. The number of amidine groups is 1. The van der Waals surface area contributed by atoms with Gasteiger partial charge in [0.15, 0.2) is 0 Å². The number of aromatic nitrogens is 1. The van der Waals surface area contributed by atoms with Gasteiger partial charge in [-0.3, -0.25) is 15.1 Å². The summed E-state index contributed by atoms with van der Waals surface area (Å²) in [4.78, 5) is 20.5. The zero-order chi connectivity index (χ0) is 20.4. The Morgan fingerprint density at radius 1 is 1.21 bits per heavy atom. The molecule has 9 heteroatoms. The largest absolute Gasteiger partial charge is 0.463 e. The van der Waals surface area contributed by atoms with Gasteiger partial charge in [-0.25, -0.2) is 4.99 Å². The molecule has 1 aromatic carbocycles. The van der Waals surface area contributed by atoms with Gasteiger partial charge in [0.2, 0.25) is 0 Å². The number of nitrogens with one attached hydrogen (secondary N) is 1. The van der Waals surface area contributed by atoms with E-state index in [1.165, 1.54) is 12.1 Å². The maximum Gasteiger partial charge on any atom is 0.416 e. The summed E-state index contributed by atoms with van der Waals surface area (Å²) in [6.07, 6.45) is -1.32. The van der Waals surface area contributed by atoms with E-state index in [9.17, 15) is 18.0 Å². The number of pyridine rings is 1. The number of alkyl halides is 3. The van der Waals surface area contributed by atoms with Crippen molar-refractivity contribution in [2.24, 2.45) is 4.99 Å². The number of ether oxygens (including phenoxy) is 2. The molecule has 1 amide bonds. The fourth-order valence-corrected chi connectivity index (χ4v) is 2.12. The van der Waals surface area contributed by atoms with E-state index in [0.717, 1.165) is 17.7 Å². The Labute approximate surface area is 160 Å². The van der Waals surface area contributed by atoms with Crippen molar-refractivity contribution in [3.63, 3.8) is 0 Å². The molecule has 0 saturated heterocycles. The molecule has 0 atom stereocenters. The van der Waals surface area contributed by atoms with Crippen LogP contribution in [0.5, 0.6) is 0 Å². The van der Waals surface area contributed by atoms with E-state index >= 15 is 0 Å². The number of carbonyl (C=O) groups excluding carboxylic acids is 1. The van der Waals surface area contributed by atoms with E-state index in [0.29, 0.717) is 6.61 Å². The highest BCUT2D eigenvalue weighted by molar-refractivity contribution is 6.04. The predicted octanol–water partition coefficient (Wildman–Crippen LogP) is 3.44. The highest BCUT2D eigenvalue weighted by atomic mass is 19.4. The van der Waals surface area contributed by atoms with E-state index in [4.69, 9.17) is 9.47 Å². The third kappa shape index (κ3) is 6.99. The van der Waals surface area contributed by atoms with E-state index in [2.05, 4.69) is 15.3 Å². The maximum atomic E-state index is 12.8. The molecule has 0 radical (unpaired) electrons. The molecule has 0 aliphatic heterocycles. The molecule has 0 aliphatic rings. The molecule has 1 aromatic heterocycles. The number of nitrogens with zero attached hydrogens (tertiary/aromatic N) is 2. The van der Waals surface area contributed by atoms with Crippen LogP contribution < -0.4 is 5.32 Å². The van der Waals surface area contributed by atoms with E-state index in [1.54, 1.807) is 24.5 Å². The molecule has 28 heavy (non-hydrogen) atoms. The number of benzene rings is 1. The fraction of sp³-hybridized carbons (Fsp3) is 0.316. The van der Waals surface area contributed by atoms with Crippen molar-refractivity contribution >= 4 is 11.9 Å². The van der Waals surface area contributed by atoms with Crippen LogP contribution in [0.25, 0.3) is 0 Å². The van der Waals surface area contributed by atoms with Gasteiger partial charge in [-0.1, -0.05) is 12.1 Å². The van der Waals surface area contributed by atoms with Crippen LogP contribution in [-0.2, 0) is 22.2 Å². The van der Waals surface area contributed by atoms with Gasteiger partial charge in [-0.05, 0) is 36.8 Å². The molecule has 1 heterocycles. The minimum absolute atomic E-state index is 0.106. The second kappa shape index (κ2) is 10.4. The third-order valence-electron chi connectivity index (χ3n) is 3.47. The Kier molecular flexibility index (Phi) is 7.94. The second-order valence-electron chi connectivity index (χ2n) is 5.56. The van der Waals surface area contributed by atoms with Crippen LogP contribution in [0.4, 0.5) is 13.2 Å². The molecule has 0 bridgehead atoms. The van der Waals surface area contributed by atoms with Crippen molar-refractivity contribution in [2.45, 2.75) is 19.6 Å². The normalized spacial score (nSPS) is 11.9. The summed E-state index contributed by atoms with van der Waals surface area (Å²) in [5, 5.41) is 2.40. The molecule has 0 spiro atoms. The van der Waals surface area contributed by atoms with Crippen LogP contribution in [0, 0.1) is 0 Å². The maximum absolute atomic E-state index is 12.8. The van der Waals surface area contributed by atoms with Crippen molar-refractivity contribution in [1.82, 2.24) is 10.3 Å². The monoisotopic (exact) mass is 395 g/mol. The van der Waals surface area contributed by atoms with Gasteiger partial charge in [0.05, 0.1) is 18.7 Å². The second-order valence-corrected chi connectivity index (χ2v) is 5.56. The number of halogens is 3. The van der Waals surface area contributed by atoms with Gasteiger partial charge in [0.1, 0.15) is 6.61 Å². The lowest BCUT2D eigenvalue weighted by atomic mass is 10.1. The highest BCUT2D eigenvalue weighted by Crippen LogP contribution is 2.29. The first kappa shape index (κ1) is 21.4. The number of amides is 1. The lowest BCUT2D eigenvalue weighted by Crippen LogP contribution is -2.33.